The molecular formula is C25H28N4O3S. The van der Waals surface area contributed by atoms with Gasteiger partial charge in [-0.25, -0.2) is 0 Å². The molecule has 2 amide bonds. The van der Waals surface area contributed by atoms with Crippen molar-refractivity contribution in [2.75, 3.05) is 5.32 Å². The molecule has 7 nitrogen and oxygen atoms in total. The zero-order chi connectivity index (χ0) is 23.0. The van der Waals surface area contributed by atoms with Crippen molar-refractivity contribution in [3.8, 4) is 5.75 Å². The molecule has 0 bridgehead atoms. The summed E-state index contributed by atoms with van der Waals surface area (Å²) in [5, 5.41) is 14.9. The van der Waals surface area contributed by atoms with Gasteiger partial charge < -0.3 is 15.4 Å². The van der Waals surface area contributed by atoms with Crippen LogP contribution in [0.1, 0.15) is 69.3 Å². The minimum absolute atomic E-state index is 0.0399. The number of anilines is 1. The summed E-state index contributed by atoms with van der Waals surface area (Å²) in [6.45, 7) is 2.13. The van der Waals surface area contributed by atoms with Gasteiger partial charge in [-0.2, -0.15) is 0 Å². The molecule has 1 heterocycles. The fourth-order valence-corrected chi connectivity index (χ4v) is 4.48. The van der Waals surface area contributed by atoms with Crippen LogP contribution in [0.2, 0.25) is 0 Å². The number of aromatic nitrogens is 2. The van der Waals surface area contributed by atoms with Crippen molar-refractivity contribution < 1.29 is 14.3 Å². The van der Waals surface area contributed by atoms with Crippen LogP contribution in [0.3, 0.4) is 0 Å². The molecule has 1 saturated carbocycles. The smallest absolute Gasteiger partial charge is 0.286 e. The van der Waals surface area contributed by atoms with Crippen molar-refractivity contribution >= 4 is 28.8 Å². The van der Waals surface area contributed by atoms with Crippen LogP contribution in [0.15, 0.2) is 48.5 Å². The lowest BCUT2D eigenvalue weighted by Crippen LogP contribution is -2.34. The summed E-state index contributed by atoms with van der Waals surface area (Å²) in [6, 6.07) is 14.9. The fourth-order valence-electron chi connectivity index (χ4n) is 3.83. The zero-order valence-electron chi connectivity index (χ0n) is 18.7. The van der Waals surface area contributed by atoms with Gasteiger partial charge in [-0.3, -0.25) is 9.59 Å². The largest absolute Gasteiger partial charge is 0.486 e. The summed E-state index contributed by atoms with van der Waals surface area (Å²) in [7, 11) is 0. The van der Waals surface area contributed by atoms with Gasteiger partial charge in [0, 0.05) is 17.3 Å². The van der Waals surface area contributed by atoms with Gasteiger partial charge in [0.15, 0.2) is 5.01 Å². The van der Waals surface area contributed by atoms with Crippen LogP contribution in [0.25, 0.3) is 0 Å². The number of aryl methyl sites for hydroxylation is 1. The van der Waals surface area contributed by atoms with E-state index in [2.05, 4.69) is 20.8 Å². The number of benzene rings is 2. The average Bonchev–Trinajstić information content (AvgIpc) is 3.16. The van der Waals surface area contributed by atoms with Crippen LogP contribution >= 0.6 is 11.3 Å². The predicted molar refractivity (Wildman–Crippen MR) is 129 cm³/mol. The first-order valence-electron chi connectivity index (χ1n) is 11.3. The lowest BCUT2D eigenvalue weighted by Gasteiger charge is -2.16. The molecule has 0 aliphatic heterocycles. The number of amides is 2. The van der Waals surface area contributed by atoms with E-state index in [0.717, 1.165) is 24.1 Å². The number of nitrogens with zero attached hydrogens (tertiary/aromatic N) is 2. The van der Waals surface area contributed by atoms with Gasteiger partial charge in [-0.1, -0.05) is 55.2 Å². The molecule has 0 radical (unpaired) electrons. The number of ether oxygens (including phenoxy) is 1. The third-order valence-corrected chi connectivity index (χ3v) is 6.62. The first-order chi connectivity index (χ1) is 16.1. The Hall–Kier alpha value is -3.26. The first kappa shape index (κ1) is 22.9. The van der Waals surface area contributed by atoms with Crippen LogP contribution in [-0.2, 0) is 6.61 Å². The SMILES string of the molecule is Cc1ccccc1NC(=O)c1nnc(COc2ccc(C(=O)NC3CCCCCC3)cc2)s1. The normalized spacial score (nSPS) is 14.3. The quantitative estimate of drug-likeness (QED) is 0.473. The van der Waals surface area contributed by atoms with Crippen molar-refractivity contribution in [2.45, 2.75) is 58.1 Å². The predicted octanol–water partition coefficient (Wildman–Crippen LogP) is 5.13. The number of rotatable bonds is 7. The van der Waals surface area contributed by atoms with E-state index in [0.29, 0.717) is 16.3 Å². The second-order valence-corrected chi connectivity index (χ2v) is 9.31. The van der Waals surface area contributed by atoms with E-state index in [1.54, 1.807) is 24.3 Å². The van der Waals surface area contributed by atoms with Gasteiger partial charge in [0.2, 0.25) is 5.01 Å². The molecule has 2 N–H and O–H groups in total. The molecule has 1 aliphatic carbocycles. The molecule has 1 aliphatic rings. The van der Waals surface area contributed by atoms with Crippen LogP contribution in [0, 0.1) is 6.92 Å². The summed E-state index contributed by atoms with van der Waals surface area (Å²) in [4.78, 5) is 25.0. The van der Waals surface area contributed by atoms with E-state index in [9.17, 15) is 9.59 Å². The maximum atomic E-state index is 12.5. The van der Waals surface area contributed by atoms with E-state index in [1.165, 1.54) is 37.0 Å². The highest BCUT2D eigenvalue weighted by Crippen LogP contribution is 2.20. The number of carbonyl (C=O) groups excluding carboxylic acids is 2. The van der Waals surface area contributed by atoms with Crippen molar-refractivity contribution in [1.82, 2.24) is 15.5 Å². The van der Waals surface area contributed by atoms with Gasteiger partial charge in [0.1, 0.15) is 12.4 Å². The zero-order valence-corrected chi connectivity index (χ0v) is 19.5. The highest BCUT2D eigenvalue weighted by molar-refractivity contribution is 7.13. The number of hydrogen-bond donors (Lipinski definition) is 2. The minimum Gasteiger partial charge on any atom is -0.486 e. The molecule has 0 saturated heterocycles. The first-order valence-corrected chi connectivity index (χ1v) is 12.1. The van der Waals surface area contributed by atoms with Crippen LogP contribution < -0.4 is 15.4 Å². The summed E-state index contributed by atoms with van der Waals surface area (Å²) >= 11 is 1.19. The minimum atomic E-state index is -0.294. The highest BCUT2D eigenvalue weighted by Gasteiger charge is 2.16. The molecule has 8 heteroatoms. The molecule has 3 aromatic rings. The van der Waals surface area contributed by atoms with Crippen molar-refractivity contribution in [1.29, 1.82) is 0 Å². The Morgan fingerprint density at radius 3 is 2.42 bits per heavy atom. The van der Waals surface area contributed by atoms with Gasteiger partial charge in [-0.15, -0.1) is 10.2 Å². The Balaban J connectivity index is 1.28. The van der Waals surface area contributed by atoms with E-state index in [-0.39, 0.29) is 29.5 Å². The average molecular weight is 465 g/mol. The Bertz CT molecular complexity index is 1090. The van der Waals surface area contributed by atoms with Gasteiger partial charge in [-0.05, 0) is 55.7 Å². The number of hydrogen-bond acceptors (Lipinski definition) is 6. The van der Waals surface area contributed by atoms with Crippen molar-refractivity contribution in [3.63, 3.8) is 0 Å². The van der Waals surface area contributed by atoms with E-state index < -0.39 is 0 Å². The summed E-state index contributed by atoms with van der Waals surface area (Å²) < 4.78 is 5.77. The standard InChI is InChI=1S/C25H28N4O3S/c1-17-8-6-7-11-21(17)27-24(31)25-29-28-22(33-25)16-32-20-14-12-18(13-15-20)23(30)26-19-9-4-2-3-5-10-19/h6-8,11-15,19H,2-5,9-10,16H2,1H3,(H,26,30)(H,27,31). The van der Waals surface area contributed by atoms with Crippen molar-refractivity contribution in [3.05, 3.63) is 69.7 Å². The lowest BCUT2D eigenvalue weighted by molar-refractivity contribution is 0.0932. The molecule has 0 spiro atoms. The molecule has 1 fully saturated rings. The fraction of sp³-hybridized carbons (Fsp3) is 0.360. The Labute approximate surface area is 197 Å². The lowest BCUT2D eigenvalue weighted by atomic mass is 10.1. The molecule has 172 valence electrons. The van der Waals surface area contributed by atoms with E-state index >= 15 is 0 Å². The number of para-hydroxylation sites is 1. The Kier molecular flexibility index (Phi) is 7.67. The second kappa shape index (κ2) is 11.0. The van der Waals surface area contributed by atoms with E-state index in [1.807, 2.05) is 31.2 Å². The third-order valence-electron chi connectivity index (χ3n) is 5.72. The van der Waals surface area contributed by atoms with Crippen molar-refractivity contribution in [2.24, 2.45) is 0 Å². The summed E-state index contributed by atoms with van der Waals surface area (Å²) in [5.74, 6) is 0.293. The van der Waals surface area contributed by atoms with Gasteiger partial charge in [0.05, 0.1) is 0 Å². The highest BCUT2D eigenvalue weighted by atomic mass is 32.1. The van der Waals surface area contributed by atoms with E-state index in [4.69, 9.17) is 4.74 Å². The Morgan fingerprint density at radius 2 is 1.70 bits per heavy atom. The molecule has 4 rings (SSSR count). The molecular weight excluding hydrogens is 436 g/mol. The van der Waals surface area contributed by atoms with Crippen LogP contribution in [-0.4, -0.2) is 28.1 Å². The Morgan fingerprint density at radius 1 is 0.970 bits per heavy atom. The summed E-state index contributed by atoms with van der Waals surface area (Å²) in [5.41, 5.74) is 2.35. The number of carbonyl (C=O) groups is 2. The topological polar surface area (TPSA) is 93.2 Å². The van der Waals surface area contributed by atoms with Crippen LogP contribution in [0.5, 0.6) is 5.75 Å². The second-order valence-electron chi connectivity index (χ2n) is 8.25. The molecule has 2 aromatic carbocycles. The van der Waals surface area contributed by atoms with Crippen LogP contribution in [0.4, 0.5) is 5.69 Å². The number of nitrogens with one attached hydrogen (secondary N) is 2. The molecule has 0 unspecified atom stereocenters. The maximum absolute atomic E-state index is 12.5. The maximum Gasteiger partial charge on any atom is 0.286 e. The third kappa shape index (κ3) is 6.38. The van der Waals surface area contributed by atoms with Gasteiger partial charge in [0.25, 0.3) is 11.8 Å². The molecule has 1 aromatic heterocycles. The van der Waals surface area contributed by atoms with Gasteiger partial charge >= 0.3 is 0 Å². The molecule has 33 heavy (non-hydrogen) atoms. The molecule has 0 atom stereocenters. The summed E-state index contributed by atoms with van der Waals surface area (Å²) in [6.07, 6.45) is 6.98. The monoisotopic (exact) mass is 464 g/mol.